The molecule has 3 saturated carbocycles. The Morgan fingerprint density at radius 1 is 0.922 bits per heavy atom. The molecule has 1 unspecified atom stereocenters. The Morgan fingerprint density at radius 2 is 1.64 bits per heavy atom. The lowest BCUT2D eigenvalue weighted by Gasteiger charge is -2.64. The molecular weight excluding hydrogens is 829 g/mol. The van der Waals surface area contributed by atoms with E-state index in [2.05, 4.69) is 75.8 Å². The molecule has 342 valence electrons. The van der Waals surface area contributed by atoms with Crippen LogP contribution in [0.15, 0.2) is 102 Å². The number of anilines is 2. The lowest BCUT2D eigenvalue weighted by molar-refractivity contribution is -0.384. The second-order valence-corrected chi connectivity index (χ2v) is 20.5. The van der Waals surface area contributed by atoms with E-state index < -0.39 is 31.4 Å². The number of piperidine rings is 1. The Hall–Kier alpha value is -5.02. The molecule has 4 atom stereocenters. The van der Waals surface area contributed by atoms with Crippen LogP contribution in [0.3, 0.4) is 0 Å². The van der Waals surface area contributed by atoms with E-state index in [1.165, 1.54) is 30.5 Å². The Bertz CT molecular complexity index is 2330. The highest BCUT2D eigenvalue weighted by Crippen LogP contribution is 2.62. The number of sulfonamides is 1. The van der Waals surface area contributed by atoms with Gasteiger partial charge in [0, 0.05) is 62.6 Å². The molecule has 0 spiro atoms. The minimum Gasteiger partial charge on any atom is -0.456 e. The summed E-state index contributed by atoms with van der Waals surface area (Å²) in [5.74, 6) is 2.01. The van der Waals surface area contributed by atoms with Gasteiger partial charge in [0.05, 0.1) is 28.6 Å². The first-order valence-corrected chi connectivity index (χ1v) is 24.7. The number of carbonyl (C=O) groups is 1. The van der Waals surface area contributed by atoms with Crippen molar-refractivity contribution in [1.29, 1.82) is 0 Å². The molecule has 0 radical (unpaired) electrons. The summed E-state index contributed by atoms with van der Waals surface area (Å²) in [7, 11) is -4.52. The molecule has 5 fully saturated rings. The van der Waals surface area contributed by atoms with Crippen LogP contribution in [0.1, 0.15) is 75.2 Å². The van der Waals surface area contributed by atoms with Crippen LogP contribution in [0.5, 0.6) is 11.5 Å². The fourth-order valence-corrected chi connectivity index (χ4v) is 11.9. The second kappa shape index (κ2) is 20.0. The normalized spacial score (nSPS) is 22.4. The Morgan fingerprint density at radius 3 is 2.33 bits per heavy atom. The van der Waals surface area contributed by atoms with Crippen molar-refractivity contribution in [2.24, 2.45) is 23.2 Å². The number of morpholine rings is 1. The van der Waals surface area contributed by atoms with Crippen molar-refractivity contribution >= 4 is 33.0 Å². The largest absolute Gasteiger partial charge is 0.456 e. The molecule has 2 N–H and O–H groups in total. The summed E-state index contributed by atoms with van der Waals surface area (Å²) >= 11 is 0. The minimum atomic E-state index is -4.52. The van der Waals surface area contributed by atoms with E-state index in [0.717, 1.165) is 95.0 Å². The first-order valence-electron chi connectivity index (χ1n) is 23.2. The van der Waals surface area contributed by atoms with Crippen LogP contribution >= 0.6 is 0 Å². The molecule has 4 aromatic carbocycles. The standard InChI is InChI=1S/C50H64N6O7S/c1-36-44-32-38(50(44,2)3)33-46(36)55(25-10-14-37-12-6-4-7-13-37)39-21-26-54(27-22-39)40-17-19-43(48(34-40)63-41-15-8-5-9-16-41)49(57)52-64(60,61)42-18-20-45(47(35-42)56(58)59)51-23-11-24-53-28-30-62-31-29-53/h4-9,12-13,15-20,34-36,38-39,44,46,51H,10-11,14,21-33H2,1-3H3,(H,52,57)/t36-,38+,44?,46+/m1/s1. The van der Waals surface area contributed by atoms with Gasteiger partial charge in [-0.1, -0.05) is 69.3 Å². The summed E-state index contributed by atoms with van der Waals surface area (Å²) in [6.45, 7) is 14.5. The number of para-hydroxylation sites is 1. The number of rotatable bonds is 18. The van der Waals surface area contributed by atoms with E-state index in [0.29, 0.717) is 48.9 Å². The number of carbonyl (C=O) groups excluding carboxylic acids is 1. The first kappa shape index (κ1) is 45.5. The zero-order valence-corrected chi connectivity index (χ0v) is 38.3. The highest BCUT2D eigenvalue weighted by Gasteiger charge is 2.57. The van der Waals surface area contributed by atoms with Gasteiger partial charge in [-0.3, -0.25) is 24.7 Å². The molecule has 64 heavy (non-hydrogen) atoms. The maximum absolute atomic E-state index is 13.9. The lowest BCUT2D eigenvalue weighted by Crippen LogP contribution is -2.63. The molecule has 0 aromatic heterocycles. The van der Waals surface area contributed by atoms with Gasteiger partial charge in [-0.25, -0.2) is 13.1 Å². The number of hydrogen-bond donors (Lipinski definition) is 2. The van der Waals surface area contributed by atoms with Crippen LogP contribution in [0.2, 0.25) is 0 Å². The van der Waals surface area contributed by atoms with E-state index in [4.69, 9.17) is 9.47 Å². The molecule has 2 aliphatic heterocycles. The number of fused-ring (bicyclic) bond motifs is 2. The number of ether oxygens (including phenoxy) is 2. The fraction of sp³-hybridized carbons (Fsp3) is 0.500. The smallest absolute Gasteiger partial charge is 0.293 e. The molecule has 2 saturated heterocycles. The number of hydrogen-bond acceptors (Lipinski definition) is 11. The van der Waals surface area contributed by atoms with Crippen LogP contribution < -0.4 is 19.7 Å². The van der Waals surface area contributed by atoms with E-state index in [-0.39, 0.29) is 17.0 Å². The van der Waals surface area contributed by atoms with Gasteiger partial charge in [0.2, 0.25) is 0 Å². The third-order valence-electron chi connectivity index (χ3n) is 14.7. The van der Waals surface area contributed by atoms with Gasteiger partial charge in [0.15, 0.2) is 0 Å². The second-order valence-electron chi connectivity index (χ2n) is 18.8. The van der Waals surface area contributed by atoms with E-state index >= 15 is 0 Å². The van der Waals surface area contributed by atoms with E-state index in [1.54, 1.807) is 18.2 Å². The lowest BCUT2D eigenvalue weighted by atomic mass is 9.44. The van der Waals surface area contributed by atoms with E-state index in [1.807, 2.05) is 30.3 Å². The van der Waals surface area contributed by atoms with Gasteiger partial charge < -0.3 is 19.7 Å². The van der Waals surface area contributed by atoms with Crippen molar-refractivity contribution in [2.45, 2.75) is 82.7 Å². The average Bonchev–Trinajstić information content (AvgIpc) is 3.30. The van der Waals surface area contributed by atoms with Crippen molar-refractivity contribution in [1.82, 2.24) is 14.5 Å². The topological polar surface area (TPSA) is 147 Å². The van der Waals surface area contributed by atoms with Gasteiger partial charge in [-0.15, -0.1) is 0 Å². The van der Waals surface area contributed by atoms with Crippen molar-refractivity contribution in [3.63, 3.8) is 0 Å². The molecular formula is C50H64N6O7S. The summed E-state index contributed by atoms with van der Waals surface area (Å²) < 4.78 is 41.2. The molecule has 5 aliphatic rings. The molecule has 9 rings (SSSR count). The molecule has 2 bridgehead atoms. The Kier molecular flexibility index (Phi) is 14.2. The predicted octanol–water partition coefficient (Wildman–Crippen LogP) is 8.61. The van der Waals surface area contributed by atoms with Crippen molar-refractivity contribution in [3.05, 3.63) is 118 Å². The first-order chi connectivity index (χ1) is 30.9. The minimum absolute atomic E-state index is 0.0245. The van der Waals surface area contributed by atoms with Gasteiger partial charge in [0.1, 0.15) is 17.2 Å². The van der Waals surface area contributed by atoms with E-state index in [9.17, 15) is 23.3 Å². The third kappa shape index (κ3) is 10.4. The zero-order valence-electron chi connectivity index (χ0n) is 37.5. The van der Waals surface area contributed by atoms with Crippen molar-refractivity contribution in [2.75, 3.05) is 69.2 Å². The number of nitro benzene ring substituents is 1. The highest BCUT2D eigenvalue weighted by atomic mass is 32.2. The Balaban J connectivity index is 0.953. The zero-order chi connectivity index (χ0) is 44.8. The summed E-state index contributed by atoms with van der Waals surface area (Å²) in [5, 5.41) is 15.2. The summed E-state index contributed by atoms with van der Waals surface area (Å²) in [5.41, 5.74) is 2.53. The molecule has 14 heteroatoms. The SMILES string of the molecule is C[C@@H]1C2C[C@@H](C[C@@H]1N(CCCc1ccccc1)C1CCN(c3ccc(C(=O)NS(=O)(=O)c4ccc(NCCCN5CCOCC5)c([N+](=O)[O-])c4)c(Oc4ccccc4)c3)CC1)C2(C)C. The van der Waals surface area contributed by atoms with Gasteiger partial charge in [-0.05, 0) is 123 Å². The number of nitro groups is 1. The highest BCUT2D eigenvalue weighted by molar-refractivity contribution is 7.90. The maximum Gasteiger partial charge on any atom is 0.293 e. The number of benzene rings is 4. The van der Waals surface area contributed by atoms with Gasteiger partial charge >= 0.3 is 0 Å². The molecule has 13 nitrogen and oxygen atoms in total. The van der Waals surface area contributed by atoms with Crippen LogP contribution in [0.4, 0.5) is 17.1 Å². The average molecular weight is 893 g/mol. The molecule has 2 heterocycles. The number of amides is 1. The van der Waals surface area contributed by atoms with Gasteiger partial charge in [-0.2, -0.15) is 0 Å². The number of nitrogens with one attached hydrogen (secondary N) is 2. The molecule has 1 amide bonds. The van der Waals surface area contributed by atoms with Crippen molar-refractivity contribution in [3.8, 4) is 11.5 Å². The van der Waals surface area contributed by atoms with Crippen LogP contribution in [-0.4, -0.2) is 100 Å². The number of nitrogens with zero attached hydrogens (tertiary/aromatic N) is 4. The van der Waals surface area contributed by atoms with Crippen LogP contribution in [0.25, 0.3) is 0 Å². The Labute approximate surface area is 378 Å². The van der Waals surface area contributed by atoms with Crippen LogP contribution in [0, 0.1) is 33.3 Å². The predicted molar refractivity (Wildman–Crippen MR) is 251 cm³/mol. The van der Waals surface area contributed by atoms with Gasteiger partial charge in [0.25, 0.3) is 21.6 Å². The maximum atomic E-state index is 13.9. The summed E-state index contributed by atoms with van der Waals surface area (Å²) in [4.78, 5) is 32.5. The molecule has 4 aromatic rings. The number of aryl methyl sites for hydroxylation is 1. The molecule has 3 aliphatic carbocycles. The monoisotopic (exact) mass is 892 g/mol. The quantitative estimate of drug-likeness (QED) is 0.0563. The van der Waals surface area contributed by atoms with Crippen LogP contribution in [-0.2, 0) is 21.2 Å². The fourth-order valence-electron chi connectivity index (χ4n) is 10.9. The van der Waals surface area contributed by atoms with Crippen molar-refractivity contribution < 1.29 is 27.6 Å². The summed E-state index contributed by atoms with van der Waals surface area (Å²) in [6, 6.07) is 29.8. The summed E-state index contributed by atoms with van der Waals surface area (Å²) in [6.07, 6.45) is 7.59. The third-order valence-corrected chi connectivity index (χ3v) is 16.0.